The summed E-state index contributed by atoms with van der Waals surface area (Å²) in [6.45, 7) is 0.755. The SMILES string of the molecule is COC(=O)NCc1ccc(CNC(=O)c2cc(-c3ccc4ccccc4c3)nc3ccccc23)cc1. The molecule has 6 nitrogen and oxygen atoms in total. The second-order valence-corrected chi connectivity index (χ2v) is 8.48. The van der Waals surface area contributed by atoms with Crippen molar-refractivity contribution >= 4 is 33.7 Å². The molecule has 0 unspecified atom stereocenters. The standard InChI is InChI=1S/C30H25N3O3/c1-36-30(35)32-19-21-12-10-20(11-13-21)18-31-29(34)26-17-28(33-27-9-5-4-8-25(26)27)24-15-14-22-6-2-3-7-23(22)16-24/h2-17H,18-19H2,1H3,(H,31,34)(H,32,35). The molecule has 6 heteroatoms. The van der Waals surface area contributed by atoms with Crippen LogP contribution in [0.15, 0.2) is 97.1 Å². The number of carbonyl (C=O) groups excluding carboxylic acids is 2. The molecule has 36 heavy (non-hydrogen) atoms. The van der Waals surface area contributed by atoms with E-state index in [9.17, 15) is 9.59 Å². The Balaban J connectivity index is 1.38. The molecule has 0 saturated heterocycles. The third kappa shape index (κ3) is 5.03. The van der Waals surface area contributed by atoms with Crippen LogP contribution in [-0.2, 0) is 17.8 Å². The molecule has 2 N–H and O–H groups in total. The predicted molar refractivity (Wildman–Crippen MR) is 142 cm³/mol. The summed E-state index contributed by atoms with van der Waals surface area (Å²) in [7, 11) is 1.33. The molecule has 0 aliphatic rings. The first kappa shape index (κ1) is 23.1. The van der Waals surface area contributed by atoms with E-state index in [0.717, 1.165) is 44.1 Å². The number of para-hydroxylation sites is 1. The van der Waals surface area contributed by atoms with Crippen molar-refractivity contribution in [3.05, 3.63) is 114 Å². The highest BCUT2D eigenvalue weighted by molar-refractivity contribution is 6.07. The number of amides is 2. The Labute approximate surface area is 208 Å². The summed E-state index contributed by atoms with van der Waals surface area (Å²) in [5.41, 5.74) is 4.98. The van der Waals surface area contributed by atoms with E-state index in [0.29, 0.717) is 18.7 Å². The van der Waals surface area contributed by atoms with Crippen LogP contribution in [0.4, 0.5) is 4.79 Å². The fraction of sp³-hybridized carbons (Fsp3) is 0.100. The largest absolute Gasteiger partial charge is 0.453 e. The zero-order valence-corrected chi connectivity index (χ0v) is 19.8. The number of nitrogens with one attached hydrogen (secondary N) is 2. The van der Waals surface area contributed by atoms with Crippen LogP contribution >= 0.6 is 0 Å². The summed E-state index contributed by atoms with van der Waals surface area (Å²) in [4.78, 5) is 29.4. The summed E-state index contributed by atoms with van der Waals surface area (Å²) in [5, 5.41) is 8.78. The number of fused-ring (bicyclic) bond motifs is 2. The van der Waals surface area contributed by atoms with E-state index in [2.05, 4.69) is 39.6 Å². The molecule has 0 bridgehead atoms. The van der Waals surface area contributed by atoms with Crippen LogP contribution in [0.1, 0.15) is 21.5 Å². The zero-order chi connectivity index (χ0) is 24.9. The van der Waals surface area contributed by atoms with Gasteiger partial charge in [0.25, 0.3) is 5.91 Å². The first-order chi connectivity index (χ1) is 17.6. The maximum Gasteiger partial charge on any atom is 0.407 e. The Kier molecular flexibility index (Phi) is 6.58. The van der Waals surface area contributed by atoms with Crippen molar-refractivity contribution in [1.29, 1.82) is 0 Å². The van der Waals surface area contributed by atoms with Gasteiger partial charge in [0.1, 0.15) is 0 Å². The topological polar surface area (TPSA) is 80.3 Å². The molecule has 5 aromatic rings. The van der Waals surface area contributed by atoms with Crippen molar-refractivity contribution in [3.63, 3.8) is 0 Å². The second kappa shape index (κ2) is 10.3. The van der Waals surface area contributed by atoms with Crippen LogP contribution in [0.3, 0.4) is 0 Å². The summed E-state index contributed by atoms with van der Waals surface area (Å²) in [6.07, 6.45) is -0.473. The van der Waals surface area contributed by atoms with Crippen molar-refractivity contribution in [2.45, 2.75) is 13.1 Å². The van der Waals surface area contributed by atoms with Gasteiger partial charge >= 0.3 is 6.09 Å². The van der Waals surface area contributed by atoms with Crippen LogP contribution < -0.4 is 10.6 Å². The van der Waals surface area contributed by atoms with Gasteiger partial charge in [0.15, 0.2) is 0 Å². The lowest BCUT2D eigenvalue weighted by atomic mass is 10.0. The third-order valence-corrected chi connectivity index (χ3v) is 6.10. The van der Waals surface area contributed by atoms with E-state index < -0.39 is 6.09 Å². The number of alkyl carbamates (subject to hydrolysis) is 1. The van der Waals surface area contributed by atoms with Crippen LogP contribution in [0.5, 0.6) is 0 Å². The van der Waals surface area contributed by atoms with Gasteiger partial charge in [-0.1, -0.05) is 78.9 Å². The van der Waals surface area contributed by atoms with Gasteiger partial charge in [-0.25, -0.2) is 9.78 Å². The van der Waals surface area contributed by atoms with Gasteiger partial charge in [0.05, 0.1) is 23.9 Å². The molecule has 178 valence electrons. The number of carbonyl (C=O) groups is 2. The molecule has 0 aliphatic carbocycles. The van der Waals surface area contributed by atoms with E-state index in [1.54, 1.807) is 0 Å². The molecule has 1 heterocycles. The molecular formula is C30H25N3O3. The van der Waals surface area contributed by atoms with Crippen molar-refractivity contribution in [2.24, 2.45) is 0 Å². The number of ether oxygens (including phenoxy) is 1. The molecule has 0 spiro atoms. The second-order valence-electron chi connectivity index (χ2n) is 8.48. The maximum atomic E-state index is 13.3. The monoisotopic (exact) mass is 475 g/mol. The van der Waals surface area contributed by atoms with E-state index >= 15 is 0 Å². The van der Waals surface area contributed by atoms with Crippen LogP contribution in [0, 0.1) is 0 Å². The van der Waals surface area contributed by atoms with Crippen LogP contribution in [0.2, 0.25) is 0 Å². The smallest absolute Gasteiger partial charge is 0.407 e. The van der Waals surface area contributed by atoms with Crippen molar-refractivity contribution in [3.8, 4) is 11.3 Å². The predicted octanol–water partition coefficient (Wildman–Crippen LogP) is 5.84. The summed E-state index contributed by atoms with van der Waals surface area (Å²) in [6, 6.07) is 31.6. The van der Waals surface area contributed by atoms with E-state index in [-0.39, 0.29) is 5.91 Å². The lowest BCUT2D eigenvalue weighted by molar-refractivity contribution is 0.0952. The normalized spacial score (nSPS) is 10.8. The number of hydrogen-bond donors (Lipinski definition) is 2. The van der Waals surface area contributed by atoms with Gasteiger partial charge < -0.3 is 15.4 Å². The Hall–Kier alpha value is -4.71. The Morgan fingerprint density at radius 1 is 0.750 bits per heavy atom. The number of hydrogen-bond acceptors (Lipinski definition) is 4. The van der Waals surface area contributed by atoms with E-state index in [4.69, 9.17) is 4.98 Å². The molecular weight excluding hydrogens is 450 g/mol. The first-order valence-corrected chi connectivity index (χ1v) is 11.7. The third-order valence-electron chi connectivity index (χ3n) is 6.10. The summed E-state index contributed by atoms with van der Waals surface area (Å²) >= 11 is 0. The maximum absolute atomic E-state index is 13.3. The highest BCUT2D eigenvalue weighted by Gasteiger charge is 2.14. The molecule has 1 aromatic heterocycles. The minimum absolute atomic E-state index is 0.160. The number of pyridine rings is 1. The molecule has 5 rings (SSSR count). The molecule has 0 saturated carbocycles. The highest BCUT2D eigenvalue weighted by atomic mass is 16.5. The fourth-order valence-electron chi connectivity index (χ4n) is 4.16. The number of benzene rings is 4. The quantitative estimate of drug-likeness (QED) is 0.323. The van der Waals surface area contributed by atoms with Gasteiger partial charge in [-0.05, 0) is 40.1 Å². The first-order valence-electron chi connectivity index (χ1n) is 11.7. The Bertz CT molecular complexity index is 1560. The van der Waals surface area contributed by atoms with Crippen molar-refractivity contribution < 1.29 is 14.3 Å². The average Bonchev–Trinajstić information content (AvgIpc) is 2.94. The fourth-order valence-corrected chi connectivity index (χ4v) is 4.16. The van der Waals surface area contributed by atoms with E-state index in [1.807, 2.05) is 72.8 Å². The zero-order valence-electron chi connectivity index (χ0n) is 19.8. The lowest BCUT2D eigenvalue weighted by Crippen LogP contribution is -2.23. The lowest BCUT2D eigenvalue weighted by Gasteiger charge is -2.12. The minimum Gasteiger partial charge on any atom is -0.453 e. The number of aromatic nitrogens is 1. The summed E-state index contributed by atoms with van der Waals surface area (Å²) in [5.74, 6) is -0.160. The van der Waals surface area contributed by atoms with Crippen molar-refractivity contribution in [2.75, 3.05) is 7.11 Å². The average molecular weight is 476 g/mol. The van der Waals surface area contributed by atoms with Gasteiger partial charge in [-0.15, -0.1) is 0 Å². The Morgan fingerprint density at radius 2 is 1.42 bits per heavy atom. The number of methoxy groups -OCH3 is 1. The molecule has 0 atom stereocenters. The number of rotatable bonds is 6. The van der Waals surface area contributed by atoms with Crippen LogP contribution in [0.25, 0.3) is 32.9 Å². The summed E-state index contributed by atoms with van der Waals surface area (Å²) < 4.78 is 4.59. The van der Waals surface area contributed by atoms with Gasteiger partial charge in [-0.3, -0.25) is 4.79 Å². The Morgan fingerprint density at radius 3 is 2.17 bits per heavy atom. The molecule has 0 aliphatic heterocycles. The highest BCUT2D eigenvalue weighted by Crippen LogP contribution is 2.27. The molecule has 0 fully saturated rings. The van der Waals surface area contributed by atoms with Gasteiger partial charge in [-0.2, -0.15) is 0 Å². The number of nitrogens with zero attached hydrogens (tertiary/aromatic N) is 1. The van der Waals surface area contributed by atoms with Crippen molar-refractivity contribution in [1.82, 2.24) is 15.6 Å². The van der Waals surface area contributed by atoms with Crippen LogP contribution in [-0.4, -0.2) is 24.1 Å². The molecule has 4 aromatic carbocycles. The molecule has 2 amide bonds. The molecule has 0 radical (unpaired) electrons. The van der Waals surface area contributed by atoms with Gasteiger partial charge in [0, 0.05) is 24.0 Å². The minimum atomic E-state index is -0.473. The van der Waals surface area contributed by atoms with Gasteiger partial charge in [0.2, 0.25) is 0 Å². The van der Waals surface area contributed by atoms with E-state index in [1.165, 1.54) is 7.11 Å².